The van der Waals surface area contributed by atoms with Gasteiger partial charge in [-0.1, -0.05) is 0 Å². The Morgan fingerprint density at radius 3 is 2.29 bits per heavy atom. The third-order valence-corrected chi connectivity index (χ3v) is 8.53. The zero-order valence-electron chi connectivity index (χ0n) is 21.8. The Labute approximate surface area is 222 Å². The van der Waals surface area contributed by atoms with Gasteiger partial charge in [-0.05, 0) is 70.4 Å². The molecule has 0 radical (unpaired) electrons. The maximum Gasteiger partial charge on any atom is 0.508 e. The fraction of sp³-hybridized carbons (Fsp3) is 0.583. The molecule has 0 bridgehead atoms. The lowest BCUT2D eigenvalue weighted by Crippen LogP contribution is -2.66. The number of hydrogen-bond donors (Lipinski definition) is 0. The third-order valence-electron chi connectivity index (χ3n) is 6.31. The first-order valence-corrected chi connectivity index (χ1v) is 12.9. The van der Waals surface area contributed by atoms with Crippen LogP contribution in [0.5, 0.6) is 0 Å². The average Bonchev–Trinajstić information content (AvgIpc) is 3.00. The molecule has 0 saturated carbocycles. The minimum absolute atomic E-state index is 0.112. The van der Waals surface area contributed by atoms with Crippen molar-refractivity contribution in [2.75, 3.05) is 6.79 Å². The zero-order valence-corrected chi connectivity index (χ0v) is 22.6. The summed E-state index contributed by atoms with van der Waals surface area (Å²) in [6.07, 6.45) is -2.10. The van der Waals surface area contributed by atoms with Crippen molar-refractivity contribution in [2.24, 2.45) is 11.3 Å². The number of amides is 1. The number of β-lactam (4-membered cyclic amide) rings is 1. The first-order valence-electron chi connectivity index (χ1n) is 11.7. The number of carbonyl (C=O) groups excluding carboxylic acids is 4. The maximum atomic E-state index is 13.3. The van der Waals surface area contributed by atoms with Crippen molar-refractivity contribution in [1.82, 2.24) is 4.90 Å². The number of carbonyl (C=O) groups is 4. The molecule has 2 heterocycles. The lowest BCUT2D eigenvalue weighted by atomic mass is 9.88. The Hall–Kier alpha value is -3.39. The molecule has 3 rings (SSSR count). The Morgan fingerprint density at radius 2 is 1.74 bits per heavy atom. The van der Waals surface area contributed by atoms with Crippen LogP contribution in [-0.4, -0.2) is 67.4 Å². The molecular weight excluding hydrogens is 524 g/mol. The predicted octanol–water partition coefficient (Wildman–Crippen LogP) is 2.42. The van der Waals surface area contributed by atoms with E-state index in [-0.39, 0.29) is 12.3 Å². The standard InChI is InChI=1S/C24H30N2O11S/c1-13(37-22(30)34-11-14-7-9-15(10-8-14)26(31)32)16-18(27)25-17(24(5,6)38(33)19(16)25)20(28)35-12-36-21(29)23(2,3)4/h7-10,13,16-17,19H,11-12H2,1-6H3/t13?,16-,17-,19+,38?/m0/s1. The Balaban J connectivity index is 1.58. The minimum atomic E-state index is -1.72. The highest BCUT2D eigenvalue weighted by Gasteiger charge is 2.74. The molecule has 14 heteroatoms. The van der Waals surface area contributed by atoms with Gasteiger partial charge in [-0.2, -0.15) is 0 Å². The molecule has 1 aromatic rings. The summed E-state index contributed by atoms with van der Waals surface area (Å²) < 4.78 is 32.4. The number of non-ortho nitro benzene ring substituents is 1. The van der Waals surface area contributed by atoms with Crippen LogP contribution in [0.2, 0.25) is 0 Å². The van der Waals surface area contributed by atoms with Crippen LogP contribution in [0, 0.1) is 21.4 Å². The van der Waals surface area contributed by atoms with Gasteiger partial charge in [0.1, 0.15) is 18.6 Å². The van der Waals surface area contributed by atoms with E-state index in [2.05, 4.69) is 0 Å². The SMILES string of the molecule is CC(OC(=O)OCc1ccc([N+](=O)[O-])cc1)[C@H]1C(=O)N2[C@@H]1[S+]([O-])C(C)(C)[C@@H]2C(=O)OCOC(=O)C(C)(C)C. The average molecular weight is 555 g/mol. The molecule has 2 fully saturated rings. The fourth-order valence-electron chi connectivity index (χ4n) is 4.16. The minimum Gasteiger partial charge on any atom is -0.614 e. The van der Waals surface area contributed by atoms with Gasteiger partial charge in [-0.15, -0.1) is 0 Å². The molecule has 2 aliphatic heterocycles. The highest BCUT2D eigenvalue weighted by atomic mass is 32.2. The highest BCUT2D eigenvalue weighted by molar-refractivity contribution is 7.93. The van der Waals surface area contributed by atoms with Crippen LogP contribution in [-0.2, 0) is 51.1 Å². The number of nitrogens with zero attached hydrogens (tertiary/aromatic N) is 2. The molecule has 2 unspecified atom stereocenters. The molecule has 1 aromatic carbocycles. The molecule has 208 valence electrons. The number of benzene rings is 1. The molecule has 0 spiro atoms. The van der Waals surface area contributed by atoms with Gasteiger partial charge < -0.3 is 23.5 Å². The van der Waals surface area contributed by atoms with Crippen LogP contribution in [0.3, 0.4) is 0 Å². The predicted molar refractivity (Wildman–Crippen MR) is 130 cm³/mol. The van der Waals surface area contributed by atoms with Crippen molar-refractivity contribution >= 4 is 40.9 Å². The summed E-state index contributed by atoms with van der Waals surface area (Å²) in [6.45, 7) is 8.62. The summed E-state index contributed by atoms with van der Waals surface area (Å²) in [7, 11) is 0. The molecule has 2 aliphatic rings. The number of ether oxygens (including phenoxy) is 4. The molecule has 38 heavy (non-hydrogen) atoms. The van der Waals surface area contributed by atoms with Gasteiger partial charge in [0, 0.05) is 12.1 Å². The van der Waals surface area contributed by atoms with Crippen LogP contribution in [0.25, 0.3) is 0 Å². The topological polar surface area (TPSA) is 175 Å². The summed E-state index contributed by atoms with van der Waals surface area (Å²) in [5.41, 5.74) is -0.427. The lowest BCUT2D eigenvalue weighted by Gasteiger charge is -2.43. The van der Waals surface area contributed by atoms with Gasteiger partial charge in [0.2, 0.25) is 18.1 Å². The second kappa shape index (κ2) is 10.8. The van der Waals surface area contributed by atoms with E-state index in [1.807, 2.05) is 0 Å². The largest absolute Gasteiger partial charge is 0.614 e. The van der Waals surface area contributed by atoms with E-state index in [1.165, 1.54) is 31.2 Å². The van der Waals surface area contributed by atoms with Crippen LogP contribution in [0.1, 0.15) is 47.1 Å². The number of esters is 2. The monoisotopic (exact) mass is 554 g/mol. The Bertz CT molecular complexity index is 1120. The maximum absolute atomic E-state index is 13.3. The van der Waals surface area contributed by atoms with E-state index in [9.17, 15) is 33.8 Å². The summed E-state index contributed by atoms with van der Waals surface area (Å²) in [5.74, 6) is -2.96. The van der Waals surface area contributed by atoms with Crippen molar-refractivity contribution < 1.29 is 47.6 Å². The second-order valence-corrected chi connectivity index (χ2v) is 12.6. The van der Waals surface area contributed by atoms with Gasteiger partial charge in [0.05, 0.1) is 10.3 Å². The summed E-state index contributed by atoms with van der Waals surface area (Å²) in [6, 6.07) is 4.19. The number of fused-ring (bicyclic) bond motifs is 1. The van der Waals surface area contributed by atoms with Crippen molar-refractivity contribution in [3.8, 4) is 0 Å². The van der Waals surface area contributed by atoms with E-state index in [0.29, 0.717) is 5.56 Å². The molecule has 0 aliphatic carbocycles. The molecule has 0 aromatic heterocycles. The van der Waals surface area contributed by atoms with Gasteiger partial charge in [0.15, 0.2) is 10.8 Å². The summed E-state index contributed by atoms with van der Waals surface area (Å²) in [4.78, 5) is 61.3. The van der Waals surface area contributed by atoms with Gasteiger partial charge in [0.25, 0.3) is 5.69 Å². The van der Waals surface area contributed by atoms with Gasteiger partial charge in [-0.25, -0.2) is 9.59 Å². The quantitative estimate of drug-likeness (QED) is 0.115. The van der Waals surface area contributed by atoms with Crippen LogP contribution >= 0.6 is 0 Å². The molecule has 2 saturated heterocycles. The molecule has 5 atom stereocenters. The van der Waals surface area contributed by atoms with E-state index in [1.54, 1.807) is 34.6 Å². The van der Waals surface area contributed by atoms with E-state index in [4.69, 9.17) is 18.9 Å². The van der Waals surface area contributed by atoms with Crippen LogP contribution < -0.4 is 0 Å². The van der Waals surface area contributed by atoms with E-state index in [0.717, 1.165) is 4.90 Å². The molecule has 13 nitrogen and oxygen atoms in total. The van der Waals surface area contributed by atoms with E-state index < -0.39 is 80.5 Å². The summed E-state index contributed by atoms with van der Waals surface area (Å²) >= 11 is -1.72. The van der Waals surface area contributed by atoms with Crippen LogP contribution in [0.4, 0.5) is 10.5 Å². The zero-order chi connectivity index (χ0) is 28.6. The Morgan fingerprint density at radius 1 is 1.13 bits per heavy atom. The molecular formula is C24H30N2O11S. The number of nitro groups is 1. The van der Waals surface area contributed by atoms with Crippen molar-refractivity contribution in [1.29, 1.82) is 0 Å². The number of nitro benzene ring substituents is 1. The lowest BCUT2D eigenvalue weighted by molar-refractivity contribution is -0.384. The molecule has 0 N–H and O–H groups in total. The van der Waals surface area contributed by atoms with Crippen molar-refractivity contribution in [3.63, 3.8) is 0 Å². The third kappa shape index (κ3) is 5.70. The highest BCUT2D eigenvalue weighted by Crippen LogP contribution is 2.50. The second-order valence-electron chi connectivity index (χ2n) is 10.5. The van der Waals surface area contributed by atoms with Crippen molar-refractivity contribution in [3.05, 3.63) is 39.9 Å². The fourth-order valence-corrected chi connectivity index (χ4v) is 6.25. The van der Waals surface area contributed by atoms with Crippen molar-refractivity contribution in [2.45, 2.75) is 70.4 Å². The van der Waals surface area contributed by atoms with Gasteiger partial charge in [-0.3, -0.25) is 24.6 Å². The number of rotatable bonds is 8. The first-order chi connectivity index (χ1) is 17.6. The molecule has 1 amide bonds. The van der Waals surface area contributed by atoms with Gasteiger partial charge >= 0.3 is 18.1 Å². The number of hydrogen-bond acceptors (Lipinski definition) is 11. The normalized spacial score (nSPS) is 24.5. The van der Waals surface area contributed by atoms with E-state index >= 15 is 0 Å². The summed E-state index contributed by atoms with van der Waals surface area (Å²) in [5, 5.41) is 9.83. The smallest absolute Gasteiger partial charge is 0.508 e. The first kappa shape index (κ1) is 29.2. The Kier molecular flexibility index (Phi) is 8.27. The van der Waals surface area contributed by atoms with Crippen LogP contribution in [0.15, 0.2) is 24.3 Å².